The Hall–Kier alpha value is -3.13. The van der Waals surface area contributed by atoms with E-state index in [0.29, 0.717) is 22.3 Å². The van der Waals surface area contributed by atoms with E-state index in [2.05, 4.69) is 15.6 Å². The van der Waals surface area contributed by atoms with Crippen molar-refractivity contribution in [1.29, 1.82) is 0 Å². The Morgan fingerprint density at radius 2 is 1.96 bits per heavy atom. The highest BCUT2D eigenvalue weighted by molar-refractivity contribution is 7.22. The minimum absolute atomic E-state index is 0.139. The van der Waals surface area contributed by atoms with Crippen LogP contribution in [0.4, 0.5) is 10.8 Å². The van der Waals surface area contributed by atoms with Crippen molar-refractivity contribution in [1.82, 2.24) is 4.98 Å². The third kappa shape index (κ3) is 3.31. The second kappa shape index (κ2) is 6.64. The van der Waals surface area contributed by atoms with E-state index in [0.717, 1.165) is 10.2 Å². The molecule has 3 aromatic rings. The topological polar surface area (TPSA) is 89.6 Å². The summed E-state index contributed by atoms with van der Waals surface area (Å²) in [7, 11) is 0. The average molecular weight is 369 g/mol. The summed E-state index contributed by atoms with van der Waals surface area (Å²) in [6, 6.07) is 12.6. The lowest BCUT2D eigenvalue weighted by molar-refractivity contribution is -0.125. The van der Waals surface area contributed by atoms with Gasteiger partial charge in [0.05, 0.1) is 10.2 Å². The Bertz CT molecular complexity index is 1000. The van der Waals surface area contributed by atoms with Crippen molar-refractivity contribution in [3.8, 4) is 11.5 Å². The molecule has 132 valence electrons. The molecule has 1 aliphatic heterocycles. The summed E-state index contributed by atoms with van der Waals surface area (Å²) in [5.74, 6) is 0.711. The second-order valence-corrected chi connectivity index (χ2v) is 6.77. The van der Waals surface area contributed by atoms with Crippen molar-refractivity contribution in [2.75, 3.05) is 17.2 Å². The normalized spacial score (nSPS) is 15.5. The van der Waals surface area contributed by atoms with Crippen LogP contribution in [0.1, 0.15) is 6.92 Å². The molecule has 0 aliphatic carbocycles. The molecule has 0 radical (unpaired) electrons. The first-order chi connectivity index (χ1) is 12.6. The van der Waals surface area contributed by atoms with Crippen LogP contribution < -0.4 is 20.1 Å². The van der Waals surface area contributed by atoms with Crippen molar-refractivity contribution in [2.24, 2.45) is 0 Å². The van der Waals surface area contributed by atoms with Crippen molar-refractivity contribution in [2.45, 2.75) is 13.0 Å². The molecular weight excluding hydrogens is 354 g/mol. The lowest BCUT2D eigenvalue weighted by Gasteiger charge is -2.25. The molecule has 26 heavy (non-hydrogen) atoms. The molecule has 2 amide bonds. The standard InChI is InChI=1S/C18H15N3O4S/c1-10(22)19-11-6-7-12-16(8-11)26-18(20-12)21-17(23)15-9-24-13-4-2-3-5-14(13)25-15/h2-8,15H,9H2,1H3,(H,19,22)(H,20,21,23). The van der Waals surface area contributed by atoms with Crippen LogP contribution in [-0.2, 0) is 9.59 Å². The number of carbonyl (C=O) groups is 2. The Morgan fingerprint density at radius 1 is 1.15 bits per heavy atom. The lowest BCUT2D eigenvalue weighted by Crippen LogP contribution is -2.40. The Balaban J connectivity index is 1.48. The molecule has 2 heterocycles. The van der Waals surface area contributed by atoms with Crippen LogP contribution in [0.3, 0.4) is 0 Å². The summed E-state index contributed by atoms with van der Waals surface area (Å²) >= 11 is 1.33. The predicted octanol–water partition coefficient (Wildman–Crippen LogP) is 3.03. The zero-order valence-electron chi connectivity index (χ0n) is 13.8. The van der Waals surface area contributed by atoms with E-state index in [1.54, 1.807) is 24.3 Å². The van der Waals surface area contributed by atoms with Crippen molar-refractivity contribution < 1.29 is 19.1 Å². The quantitative estimate of drug-likeness (QED) is 0.741. The highest BCUT2D eigenvalue weighted by atomic mass is 32.1. The van der Waals surface area contributed by atoms with Gasteiger partial charge in [-0.15, -0.1) is 0 Å². The van der Waals surface area contributed by atoms with Crippen LogP contribution in [-0.4, -0.2) is 29.5 Å². The first kappa shape index (κ1) is 16.3. The van der Waals surface area contributed by atoms with Gasteiger partial charge < -0.3 is 14.8 Å². The molecule has 0 bridgehead atoms. The number of fused-ring (bicyclic) bond motifs is 2. The average Bonchev–Trinajstić information content (AvgIpc) is 3.02. The van der Waals surface area contributed by atoms with E-state index in [4.69, 9.17) is 9.47 Å². The van der Waals surface area contributed by atoms with E-state index in [1.165, 1.54) is 18.3 Å². The van der Waals surface area contributed by atoms with E-state index in [9.17, 15) is 9.59 Å². The van der Waals surface area contributed by atoms with E-state index in [1.807, 2.05) is 18.2 Å². The number of rotatable bonds is 3. The molecular formula is C18H15N3O4S. The molecule has 2 aromatic carbocycles. The summed E-state index contributed by atoms with van der Waals surface area (Å²) < 4.78 is 12.1. The number of anilines is 2. The SMILES string of the molecule is CC(=O)Nc1ccc2nc(NC(=O)C3COc4ccccc4O3)sc2c1. The van der Waals surface area contributed by atoms with Crippen molar-refractivity contribution in [3.63, 3.8) is 0 Å². The molecule has 1 atom stereocenters. The zero-order valence-corrected chi connectivity index (χ0v) is 14.6. The van der Waals surface area contributed by atoms with E-state index in [-0.39, 0.29) is 18.4 Å². The molecule has 0 saturated carbocycles. The number of carbonyl (C=O) groups excluding carboxylic acids is 2. The van der Waals surface area contributed by atoms with Gasteiger partial charge >= 0.3 is 0 Å². The molecule has 1 aliphatic rings. The van der Waals surface area contributed by atoms with Crippen LogP contribution in [0, 0.1) is 0 Å². The molecule has 8 heteroatoms. The van der Waals surface area contributed by atoms with Crippen LogP contribution in [0.2, 0.25) is 0 Å². The summed E-state index contributed by atoms with van der Waals surface area (Å²) in [6.45, 7) is 1.59. The highest BCUT2D eigenvalue weighted by Crippen LogP contribution is 2.32. The van der Waals surface area contributed by atoms with Gasteiger partial charge in [0.1, 0.15) is 6.61 Å². The number of nitrogens with zero attached hydrogens (tertiary/aromatic N) is 1. The fourth-order valence-corrected chi connectivity index (χ4v) is 3.50. The van der Waals surface area contributed by atoms with Gasteiger partial charge in [-0.05, 0) is 30.3 Å². The van der Waals surface area contributed by atoms with Crippen molar-refractivity contribution >= 4 is 44.2 Å². The smallest absolute Gasteiger partial charge is 0.270 e. The van der Waals surface area contributed by atoms with Gasteiger partial charge in [0.15, 0.2) is 16.6 Å². The third-order valence-corrected chi connectivity index (χ3v) is 4.67. The molecule has 4 rings (SSSR count). The second-order valence-electron chi connectivity index (χ2n) is 5.74. The highest BCUT2D eigenvalue weighted by Gasteiger charge is 2.27. The van der Waals surface area contributed by atoms with Gasteiger partial charge in [-0.1, -0.05) is 23.5 Å². The van der Waals surface area contributed by atoms with E-state index < -0.39 is 6.10 Å². The fraction of sp³-hybridized carbons (Fsp3) is 0.167. The number of hydrogen-bond acceptors (Lipinski definition) is 6. The lowest BCUT2D eigenvalue weighted by atomic mass is 10.2. The number of thiazole rings is 1. The molecule has 0 spiro atoms. The van der Waals surface area contributed by atoms with E-state index >= 15 is 0 Å². The van der Waals surface area contributed by atoms with Crippen LogP contribution in [0.5, 0.6) is 11.5 Å². The zero-order chi connectivity index (χ0) is 18.1. The van der Waals surface area contributed by atoms with Gasteiger partial charge in [-0.25, -0.2) is 4.98 Å². The number of benzene rings is 2. The van der Waals surface area contributed by atoms with Gasteiger partial charge in [0.25, 0.3) is 5.91 Å². The molecule has 0 saturated heterocycles. The summed E-state index contributed by atoms with van der Waals surface area (Å²) in [4.78, 5) is 28.0. The number of nitrogens with one attached hydrogen (secondary N) is 2. The maximum Gasteiger partial charge on any atom is 0.270 e. The van der Waals surface area contributed by atoms with Gasteiger partial charge in [0.2, 0.25) is 12.0 Å². The van der Waals surface area contributed by atoms with Crippen molar-refractivity contribution in [3.05, 3.63) is 42.5 Å². The molecule has 1 aromatic heterocycles. The van der Waals surface area contributed by atoms with Crippen LogP contribution in [0.25, 0.3) is 10.2 Å². The number of para-hydroxylation sites is 2. The molecule has 7 nitrogen and oxygen atoms in total. The van der Waals surface area contributed by atoms with Crippen LogP contribution >= 0.6 is 11.3 Å². The monoisotopic (exact) mass is 369 g/mol. The van der Waals surface area contributed by atoms with Crippen LogP contribution in [0.15, 0.2) is 42.5 Å². The summed E-state index contributed by atoms with van der Waals surface area (Å²) in [5, 5.41) is 5.96. The minimum atomic E-state index is -0.744. The summed E-state index contributed by atoms with van der Waals surface area (Å²) in [6.07, 6.45) is -0.744. The summed E-state index contributed by atoms with van der Waals surface area (Å²) in [5.41, 5.74) is 1.43. The van der Waals surface area contributed by atoms with Gasteiger partial charge in [-0.2, -0.15) is 0 Å². The molecule has 0 fully saturated rings. The minimum Gasteiger partial charge on any atom is -0.485 e. The number of ether oxygens (including phenoxy) is 2. The first-order valence-electron chi connectivity index (χ1n) is 7.96. The number of hydrogen-bond donors (Lipinski definition) is 2. The number of aromatic nitrogens is 1. The number of amides is 2. The molecule has 1 unspecified atom stereocenters. The Kier molecular flexibility index (Phi) is 4.18. The fourth-order valence-electron chi connectivity index (χ4n) is 2.59. The third-order valence-electron chi connectivity index (χ3n) is 3.74. The Morgan fingerprint density at radius 3 is 2.77 bits per heavy atom. The van der Waals surface area contributed by atoms with Gasteiger partial charge in [-0.3, -0.25) is 14.9 Å². The maximum atomic E-state index is 12.5. The molecule has 2 N–H and O–H groups in total. The first-order valence-corrected chi connectivity index (χ1v) is 8.78. The van der Waals surface area contributed by atoms with Gasteiger partial charge in [0, 0.05) is 12.6 Å². The largest absolute Gasteiger partial charge is 0.485 e. The maximum absolute atomic E-state index is 12.5. The predicted molar refractivity (Wildman–Crippen MR) is 98.9 cm³/mol. The Labute approximate surface area is 152 Å².